The van der Waals surface area contributed by atoms with Crippen molar-refractivity contribution < 1.29 is 14.4 Å². The number of imide groups is 1. The normalized spacial score (nSPS) is 12.8. The minimum absolute atomic E-state index is 0.0938. The summed E-state index contributed by atoms with van der Waals surface area (Å²) in [6, 6.07) is 12.2. The van der Waals surface area contributed by atoms with Gasteiger partial charge < -0.3 is 0 Å². The summed E-state index contributed by atoms with van der Waals surface area (Å²) in [6.45, 7) is 1.88. The van der Waals surface area contributed by atoms with Gasteiger partial charge in [-0.2, -0.15) is 5.10 Å². The number of fused-ring (bicyclic) bond motifs is 1. The molecular formula is C22H16N6O3S. The average Bonchev–Trinajstić information content (AvgIpc) is 3.48. The molecule has 0 atom stereocenters. The van der Waals surface area contributed by atoms with E-state index in [1.54, 1.807) is 60.4 Å². The first-order valence-corrected chi connectivity index (χ1v) is 10.5. The number of hydrogen-bond acceptors (Lipinski definition) is 7. The lowest BCUT2D eigenvalue weighted by Gasteiger charge is -2.11. The maximum atomic E-state index is 12.7. The Bertz CT molecular complexity index is 1330. The number of pyridine rings is 1. The molecule has 32 heavy (non-hydrogen) atoms. The summed E-state index contributed by atoms with van der Waals surface area (Å²) in [4.78, 5) is 48.2. The molecule has 1 aliphatic heterocycles. The zero-order valence-electron chi connectivity index (χ0n) is 16.8. The first-order valence-electron chi connectivity index (χ1n) is 9.70. The van der Waals surface area contributed by atoms with Crippen LogP contribution in [-0.2, 0) is 6.54 Å². The molecule has 158 valence electrons. The number of nitrogens with one attached hydrogen (secondary N) is 1. The summed E-state index contributed by atoms with van der Waals surface area (Å²) in [6.07, 6.45) is 4.68. The number of nitrogens with zero attached hydrogens (tertiary/aromatic N) is 5. The van der Waals surface area contributed by atoms with Crippen molar-refractivity contribution in [2.24, 2.45) is 0 Å². The summed E-state index contributed by atoms with van der Waals surface area (Å²) in [7, 11) is 0. The zero-order valence-corrected chi connectivity index (χ0v) is 17.7. The summed E-state index contributed by atoms with van der Waals surface area (Å²) < 4.78 is 1.59. The van der Waals surface area contributed by atoms with Crippen molar-refractivity contribution in [1.29, 1.82) is 0 Å². The van der Waals surface area contributed by atoms with Crippen LogP contribution < -0.4 is 5.32 Å². The number of benzene rings is 1. The van der Waals surface area contributed by atoms with Gasteiger partial charge >= 0.3 is 0 Å². The van der Waals surface area contributed by atoms with Crippen LogP contribution in [0, 0.1) is 6.92 Å². The van der Waals surface area contributed by atoms with E-state index < -0.39 is 0 Å². The quantitative estimate of drug-likeness (QED) is 0.474. The molecule has 4 heterocycles. The van der Waals surface area contributed by atoms with Crippen LogP contribution >= 0.6 is 11.3 Å². The molecule has 4 aromatic rings. The molecule has 0 radical (unpaired) electrons. The highest BCUT2D eigenvalue weighted by Crippen LogP contribution is 2.27. The van der Waals surface area contributed by atoms with Gasteiger partial charge in [-0.3, -0.25) is 24.6 Å². The fourth-order valence-corrected chi connectivity index (χ4v) is 4.28. The van der Waals surface area contributed by atoms with Gasteiger partial charge in [0.05, 0.1) is 35.1 Å². The van der Waals surface area contributed by atoms with E-state index in [1.165, 1.54) is 22.4 Å². The zero-order chi connectivity index (χ0) is 22.2. The molecule has 0 spiro atoms. The van der Waals surface area contributed by atoms with Gasteiger partial charge in [-0.15, -0.1) is 0 Å². The molecule has 0 saturated carbocycles. The van der Waals surface area contributed by atoms with Gasteiger partial charge in [-0.1, -0.05) is 29.5 Å². The molecule has 0 fully saturated rings. The van der Waals surface area contributed by atoms with Crippen molar-refractivity contribution in [1.82, 2.24) is 24.6 Å². The third kappa shape index (κ3) is 3.36. The topological polar surface area (TPSA) is 110 Å². The molecule has 9 nitrogen and oxygen atoms in total. The van der Waals surface area contributed by atoms with E-state index in [0.717, 1.165) is 0 Å². The predicted octanol–water partition coefficient (Wildman–Crippen LogP) is 3.08. The van der Waals surface area contributed by atoms with Gasteiger partial charge in [0.2, 0.25) is 0 Å². The Balaban J connectivity index is 1.29. The van der Waals surface area contributed by atoms with Crippen LogP contribution in [0.1, 0.15) is 41.6 Å². The Kier molecular flexibility index (Phi) is 4.83. The molecule has 1 aromatic carbocycles. The number of rotatable bonds is 5. The van der Waals surface area contributed by atoms with Gasteiger partial charge in [0.1, 0.15) is 0 Å². The van der Waals surface area contributed by atoms with Gasteiger partial charge in [0, 0.05) is 17.3 Å². The maximum Gasteiger partial charge on any atom is 0.261 e. The lowest BCUT2D eigenvalue weighted by Crippen LogP contribution is -2.28. The monoisotopic (exact) mass is 444 g/mol. The second-order valence-electron chi connectivity index (χ2n) is 7.07. The molecule has 0 bridgehead atoms. The highest BCUT2D eigenvalue weighted by molar-refractivity contribution is 7.15. The van der Waals surface area contributed by atoms with Crippen LogP contribution in [0.4, 0.5) is 5.13 Å². The molecule has 3 amide bonds. The molecule has 1 aliphatic rings. The van der Waals surface area contributed by atoms with Crippen LogP contribution in [0.2, 0.25) is 0 Å². The largest absolute Gasteiger partial charge is 0.298 e. The van der Waals surface area contributed by atoms with E-state index in [9.17, 15) is 14.4 Å². The van der Waals surface area contributed by atoms with Gasteiger partial charge in [-0.05, 0) is 31.2 Å². The molecule has 0 aliphatic carbocycles. The number of carbonyl (C=O) groups excluding carboxylic acids is 3. The highest BCUT2D eigenvalue weighted by Gasteiger charge is 2.35. The van der Waals surface area contributed by atoms with Crippen molar-refractivity contribution in [3.63, 3.8) is 0 Å². The SMILES string of the molecule is Cc1c(C(=O)Nc2ncc(CN3C(=O)c4ccccc4C3=O)s2)cnn1-c1ccccn1. The van der Waals surface area contributed by atoms with Crippen LogP contribution in [0.5, 0.6) is 0 Å². The molecule has 1 N–H and O–H groups in total. The minimum Gasteiger partial charge on any atom is -0.298 e. The summed E-state index contributed by atoms with van der Waals surface area (Å²) in [5, 5.41) is 7.38. The van der Waals surface area contributed by atoms with Crippen molar-refractivity contribution >= 4 is 34.2 Å². The van der Waals surface area contributed by atoms with Crippen molar-refractivity contribution in [3.05, 3.63) is 88.3 Å². The number of amides is 3. The van der Waals surface area contributed by atoms with Crippen LogP contribution in [-0.4, -0.2) is 42.4 Å². The molecular weight excluding hydrogens is 428 g/mol. The Morgan fingerprint density at radius 3 is 2.41 bits per heavy atom. The van der Waals surface area contributed by atoms with E-state index in [0.29, 0.717) is 38.2 Å². The van der Waals surface area contributed by atoms with Crippen molar-refractivity contribution in [2.75, 3.05) is 5.32 Å². The van der Waals surface area contributed by atoms with Crippen molar-refractivity contribution in [2.45, 2.75) is 13.5 Å². The fraction of sp³-hybridized carbons (Fsp3) is 0.0909. The molecule has 0 unspecified atom stereocenters. The lowest BCUT2D eigenvalue weighted by atomic mass is 10.1. The van der Waals surface area contributed by atoms with Crippen LogP contribution in [0.15, 0.2) is 61.1 Å². The second kappa shape index (κ2) is 7.82. The van der Waals surface area contributed by atoms with Gasteiger partial charge in [0.15, 0.2) is 10.9 Å². The third-order valence-corrected chi connectivity index (χ3v) is 5.98. The first-order chi connectivity index (χ1) is 15.5. The number of thiazole rings is 1. The third-order valence-electron chi connectivity index (χ3n) is 5.09. The molecule has 5 rings (SSSR count). The van der Waals surface area contributed by atoms with E-state index in [4.69, 9.17) is 0 Å². The highest BCUT2D eigenvalue weighted by atomic mass is 32.1. The standard InChI is InChI=1S/C22H16N6O3S/c1-13-17(11-25-28(13)18-8-4-5-9-23-18)19(29)26-22-24-10-14(32-22)12-27-20(30)15-6-2-3-7-16(15)21(27)31/h2-11H,12H2,1H3,(H,24,26,29). The Morgan fingerprint density at radius 1 is 1.00 bits per heavy atom. The van der Waals surface area contributed by atoms with E-state index in [-0.39, 0.29) is 24.3 Å². The summed E-state index contributed by atoms with van der Waals surface area (Å²) in [5.41, 5.74) is 1.84. The lowest BCUT2D eigenvalue weighted by molar-refractivity contribution is 0.0643. The average molecular weight is 444 g/mol. The minimum atomic E-state index is -0.355. The van der Waals surface area contributed by atoms with Gasteiger partial charge in [0.25, 0.3) is 17.7 Å². The number of carbonyl (C=O) groups is 3. The van der Waals surface area contributed by atoms with Crippen LogP contribution in [0.3, 0.4) is 0 Å². The van der Waals surface area contributed by atoms with Crippen molar-refractivity contribution in [3.8, 4) is 5.82 Å². The summed E-state index contributed by atoms with van der Waals surface area (Å²) >= 11 is 1.21. The number of hydrogen-bond donors (Lipinski definition) is 1. The Labute approximate surface area is 186 Å². The van der Waals surface area contributed by atoms with E-state index >= 15 is 0 Å². The Morgan fingerprint density at radius 2 is 1.72 bits per heavy atom. The van der Waals surface area contributed by atoms with Crippen LogP contribution in [0.25, 0.3) is 5.82 Å². The smallest absolute Gasteiger partial charge is 0.261 e. The van der Waals surface area contributed by atoms with E-state index in [2.05, 4.69) is 20.4 Å². The summed E-state index contributed by atoms with van der Waals surface area (Å²) in [5.74, 6) is -0.405. The number of aromatic nitrogens is 4. The van der Waals surface area contributed by atoms with E-state index in [1.807, 2.05) is 6.07 Å². The predicted molar refractivity (Wildman–Crippen MR) is 117 cm³/mol. The molecule has 0 saturated heterocycles. The molecule has 10 heteroatoms. The fourth-order valence-electron chi connectivity index (χ4n) is 3.48. The second-order valence-corrected chi connectivity index (χ2v) is 8.19. The first kappa shape index (κ1) is 19.8. The number of anilines is 1. The van der Waals surface area contributed by atoms with Gasteiger partial charge in [-0.25, -0.2) is 14.6 Å². The Hall–Kier alpha value is -4.18. The maximum absolute atomic E-state index is 12.7. The molecule has 3 aromatic heterocycles.